The third kappa shape index (κ3) is 8.04. The van der Waals surface area contributed by atoms with E-state index in [1.807, 2.05) is 24.3 Å². The van der Waals surface area contributed by atoms with Crippen molar-refractivity contribution in [3.05, 3.63) is 60.2 Å². The van der Waals surface area contributed by atoms with Crippen molar-refractivity contribution in [2.45, 2.75) is 75.4 Å². The second kappa shape index (κ2) is 13.6. The van der Waals surface area contributed by atoms with Crippen LogP contribution in [0.25, 0.3) is 0 Å². The van der Waals surface area contributed by atoms with Gasteiger partial charge in [0.1, 0.15) is 11.8 Å². The van der Waals surface area contributed by atoms with Crippen molar-refractivity contribution < 1.29 is 22.7 Å². The first-order valence-corrected chi connectivity index (χ1v) is 14.4. The van der Waals surface area contributed by atoms with E-state index >= 15 is 0 Å². The Morgan fingerprint density at radius 2 is 1.68 bits per heavy atom. The molecule has 0 unspecified atom stereocenters. The number of nitrogens with zero attached hydrogens (tertiary/aromatic N) is 2. The number of nitrogens with one attached hydrogen (secondary N) is 1. The number of ether oxygens (including phenoxy) is 1. The Morgan fingerprint density at radius 3 is 2.30 bits per heavy atom. The minimum absolute atomic E-state index is 0.131. The summed E-state index contributed by atoms with van der Waals surface area (Å²) in [6.07, 6.45) is 5.81. The highest BCUT2D eigenvalue weighted by Crippen LogP contribution is 2.20. The van der Waals surface area contributed by atoms with Crippen molar-refractivity contribution in [2.75, 3.05) is 20.7 Å². The first-order valence-electron chi connectivity index (χ1n) is 13.0. The van der Waals surface area contributed by atoms with Gasteiger partial charge in [-0.05, 0) is 56.0 Å². The molecule has 0 heterocycles. The molecule has 1 saturated carbocycles. The van der Waals surface area contributed by atoms with Crippen LogP contribution in [-0.4, -0.2) is 62.2 Å². The maximum atomic E-state index is 13.4. The number of sulfonamides is 1. The molecule has 8 nitrogen and oxygen atoms in total. The number of hydrogen-bond acceptors (Lipinski definition) is 5. The molecule has 0 spiro atoms. The predicted molar refractivity (Wildman–Crippen MR) is 144 cm³/mol. The standard InChI is InChI=1S/C28H39N3O5S/c1-22(28(33)29-24-11-6-4-7-12-24)31(21-23-16-18-25(36-3)19-17-23)27(32)15-10-20-30(2)37(34,35)26-13-8-5-9-14-26/h5,8-9,13-14,16-19,22,24H,4,6-7,10-12,15,20-21H2,1-3H3,(H,29,33)/t22-/m0/s1. The van der Waals surface area contributed by atoms with Crippen LogP contribution in [0.3, 0.4) is 0 Å². The predicted octanol–water partition coefficient (Wildman–Crippen LogP) is 3.96. The lowest BCUT2D eigenvalue weighted by atomic mass is 9.95. The lowest BCUT2D eigenvalue weighted by Gasteiger charge is -2.31. The molecule has 202 valence electrons. The van der Waals surface area contributed by atoms with E-state index in [2.05, 4.69) is 5.32 Å². The van der Waals surface area contributed by atoms with Gasteiger partial charge in [-0.1, -0.05) is 49.6 Å². The van der Waals surface area contributed by atoms with E-state index in [0.717, 1.165) is 31.2 Å². The second-order valence-electron chi connectivity index (χ2n) is 9.63. The summed E-state index contributed by atoms with van der Waals surface area (Å²) in [4.78, 5) is 28.3. The zero-order chi connectivity index (χ0) is 26.8. The largest absolute Gasteiger partial charge is 0.497 e. The quantitative estimate of drug-likeness (QED) is 0.449. The molecule has 2 aromatic rings. The molecule has 1 atom stereocenters. The third-order valence-corrected chi connectivity index (χ3v) is 8.82. The van der Waals surface area contributed by atoms with Gasteiger partial charge < -0.3 is 15.0 Å². The number of carbonyl (C=O) groups is 2. The second-order valence-corrected chi connectivity index (χ2v) is 11.7. The van der Waals surface area contributed by atoms with Gasteiger partial charge in [-0.25, -0.2) is 12.7 Å². The maximum Gasteiger partial charge on any atom is 0.242 e. The first-order chi connectivity index (χ1) is 17.7. The van der Waals surface area contributed by atoms with Crippen LogP contribution in [0.15, 0.2) is 59.5 Å². The molecule has 1 N–H and O–H groups in total. The minimum atomic E-state index is -3.63. The van der Waals surface area contributed by atoms with Crippen LogP contribution < -0.4 is 10.1 Å². The van der Waals surface area contributed by atoms with E-state index in [4.69, 9.17) is 4.74 Å². The monoisotopic (exact) mass is 529 g/mol. The lowest BCUT2D eigenvalue weighted by molar-refractivity contribution is -0.141. The summed E-state index contributed by atoms with van der Waals surface area (Å²) in [6, 6.07) is 15.2. The fraction of sp³-hybridized carbons (Fsp3) is 0.500. The molecule has 2 aromatic carbocycles. The lowest BCUT2D eigenvalue weighted by Crippen LogP contribution is -2.50. The molecule has 1 fully saturated rings. The van der Waals surface area contributed by atoms with Crippen LogP contribution in [-0.2, 0) is 26.2 Å². The summed E-state index contributed by atoms with van der Waals surface area (Å²) in [5.74, 6) is 0.373. The summed E-state index contributed by atoms with van der Waals surface area (Å²) in [7, 11) is -0.515. The molecular weight excluding hydrogens is 490 g/mol. The summed E-state index contributed by atoms with van der Waals surface area (Å²) in [5, 5.41) is 3.13. The van der Waals surface area contributed by atoms with Gasteiger partial charge in [-0.15, -0.1) is 0 Å². The van der Waals surface area contributed by atoms with Crippen LogP contribution in [0.1, 0.15) is 57.4 Å². The zero-order valence-electron chi connectivity index (χ0n) is 22.1. The Bertz CT molecular complexity index is 1120. The van der Waals surface area contributed by atoms with Crippen molar-refractivity contribution in [1.29, 1.82) is 0 Å². The van der Waals surface area contributed by atoms with Crippen molar-refractivity contribution in [3.8, 4) is 5.75 Å². The highest BCUT2D eigenvalue weighted by atomic mass is 32.2. The van der Waals surface area contributed by atoms with Gasteiger partial charge in [0.05, 0.1) is 12.0 Å². The smallest absolute Gasteiger partial charge is 0.242 e. The molecular formula is C28H39N3O5S. The molecule has 2 amide bonds. The normalized spacial score (nSPS) is 15.2. The fourth-order valence-electron chi connectivity index (χ4n) is 4.57. The summed E-state index contributed by atoms with van der Waals surface area (Å²) in [6.45, 7) is 2.23. The van der Waals surface area contributed by atoms with Gasteiger partial charge in [-0.3, -0.25) is 9.59 Å². The summed E-state index contributed by atoms with van der Waals surface area (Å²) >= 11 is 0. The van der Waals surface area contributed by atoms with E-state index in [9.17, 15) is 18.0 Å². The number of rotatable bonds is 12. The Hall–Kier alpha value is -2.91. The van der Waals surface area contributed by atoms with Crippen molar-refractivity contribution in [3.63, 3.8) is 0 Å². The van der Waals surface area contributed by atoms with Crippen molar-refractivity contribution >= 4 is 21.8 Å². The molecule has 0 bridgehead atoms. The Balaban J connectivity index is 1.66. The molecule has 9 heteroatoms. The summed E-state index contributed by atoms with van der Waals surface area (Å²) in [5.41, 5.74) is 0.884. The first kappa shape index (κ1) is 28.7. The van der Waals surface area contributed by atoms with Crippen LogP contribution in [0.4, 0.5) is 0 Å². The van der Waals surface area contributed by atoms with Gasteiger partial charge in [0.2, 0.25) is 21.8 Å². The highest BCUT2D eigenvalue weighted by Gasteiger charge is 2.28. The van der Waals surface area contributed by atoms with E-state index in [1.54, 1.807) is 49.3 Å². The molecule has 1 aliphatic carbocycles. The van der Waals surface area contributed by atoms with Gasteiger partial charge in [-0.2, -0.15) is 0 Å². The molecule has 0 saturated heterocycles. The number of amides is 2. The SMILES string of the molecule is COc1ccc(CN(C(=O)CCCN(C)S(=O)(=O)c2ccccc2)[C@@H](C)C(=O)NC2CCCCC2)cc1. The minimum Gasteiger partial charge on any atom is -0.497 e. The average Bonchev–Trinajstić information content (AvgIpc) is 2.92. The maximum absolute atomic E-state index is 13.4. The molecule has 0 aliphatic heterocycles. The average molecular weight is 530 g/mol. The molecule has 1 aliphatic rings. The Morgan fingerprint density at radius 1 is 1.03 bits per heavy atom. The number of methoxy groups -OCH3 is 1. The highest BCUT2D eigenvalue weighted by molar-refractivity contribution is 7.89. The van der Waals surface area contributed by atoms with E-state index in [0.29, 0.717) is 12.2 Å². The molecule has 0 aromatic heterocycles. The Labute approximate surface area is 221 Å². The van der Waals surface area contributed by atoms with Gasteiger partial charge >= 0.3 is 0 Å². The fourth-order valence-corrected chi connectivity index (χ4v) is 5.80. The Kier molecular flexibility index (Phi) is 10.5. The van der Waals surface area contributed by atoms with E-state index in [-0.39, 0.29) is 42.3 Å². The van der Waals surface area contributed by atoms with Crippen LogP contribution in [0.2, 0.25) is 0 Å². The van der Waals surface area contributed by atoms with Gasteiger partial charge in [0.15, 0.2) is 0 Å². The van der Waals surface area contributed by atoms with E-state index < -0.39 is 16.1 Å². The topological polar surface area (TPSA) is 96.0 Å². The van der Waals surface area contributed by atoms with E-state index in [1.165, 1.54) is 17.8 Å². The zero-order valence-corrected chi connectivity index (χ0v) is 22.9. The number of carbonyl (C=O) groups excluding carboxylic acids is 2. The number of benzene rings is 2. The molecule has 0 radical (unpaired) electrons. The van der Waals surface area contributed by atoms with Gasteiger partial charge in [0.25, 0.3) is 0 Å². The third-order valence-electron chi connectivity index (χ3n) is 6.95. The molecule has 3 rings (SSSR count). The van der Waals surface area contributed by atoms with Crippen molar-refractivity contribution in [2.24, 2.45) is 0 Å². The van der Waals surface area contributed by atoms with Gasteiger partial charge in [0, 0.05) is 32.6 Å². The summed E-state index contributed by atoms with van der Waals surface area (Å²) < 4.78 is 32.1. The van der Waals surface area contributed by atoms with Crippen LogP contribution in [0.5, 0.6) is 5.75 Å². The van der Waals surface area contributed by atoms with Crippen LogP contribution in [0, 0.1) is 0 Å². The van der Waals surface area contributed by atoms with Crippen LogP contribution >= 0.6 is 0 Å². The molecule has 37 heavy (non-hydrogen) atoms. The van der Waals surface area contributed by atoms with Crippen molar-refractivity contribution in [1.82, 2.24) is 14.5 Å². The number of hydrogen-bond donors (Lipinski definition) is 1.